The molecule has 3 aromatic rings. The number of nitriles is 1. The van der Waals surface area contributed by atoms with Gasteiger partial charge in [-0.2, -0.15) is 9.57 Å². The maximum absolute atomic E-state index is 12.8. The maximum Gasteiger partial charge on any atom is 0.337 e. The molecular weight excluding hydrogens is 424 g/mol. The van der Waals surface area contributed by atoms with Gasteiger partial charge in [-0.1, -0.05) is 19.0 Å². The monoisotopic (exact) mass is 442 g/mol. The number of fused-ring (bicyclic) bond motifs is 1. The Kier molecular flexibility index (Phi) is 6.05. The Hall–Kier alpha value is -3.75. The van der Waals surface area contributed by atoms with Crippen LogP contribution in [0, 0.1) is 11.3 Å². The first-order chi connectivity index (χ1) is 14.7. The second kappa shape index (κ2) is 8.55. The van der Waals surface area contributed by atoms with E-state index in [1.54, 1.807) is 13.8 Å². The minimum atomic E-state index is -3.77. The number of hydrogen-bond acceptors (Lipinski definition) is 7. The van der Waals surface area contributed by atoms with Gasteiger partial charge in [-0.15, -0.1) is 0 Å². The Bertz CT molecular complexity index is 1320. The van der Waals surface area contributed by atoms with Gasteiger partial charge in [0.25, 0.3) is 5.91 Å². The highest BCUT2D eigenvalue weighted by Crippen LogP contribution is 2.26. The molecule has 0 saturated heterocycles. The minimum Gasteiger partial charge on any atom is -0.478 e. The molecule has 160 valence electrons. The zero-order valence-corrected chi connectivity index (χ0v) is 17.4. The molecular formula is C20H18N4O6S. The Labute approximate surface area is 177 Å². The number of sulfonamides is 1. The third kappa shape index (κ3) is 4.11. The van der Waals surface area contributed by atoms with Gasteiger partial charge in [0.15, 0.2) is 11.3 Å². The number of nitrogens with one attached hydrogen (secondary N) is 1. The number of anilines is 1. The number of rotatable bonds is 7. The summed E-state index contributed by atoms with van der Waals surface area (Å²) in [6, 6.07) is 9.68. The molecule has 0 bridgehead atoms. The van der Waals surface area contributed by atoms with Crippen LogP contribution in [0.3, 0.4) is 0 Å². The smallest absolute Gasteiger partial charge is 0.337 e. The minimum absolute atomic E-state index is 0.0226. The number of amides is 1. The van der Waals surface area contributed by atoms with E-state index in [1.165, 1.54) is 34.6 Å². The van der Waals surface area contributed by atoms with Crippen LogP contribution in [0.25, 0.3) is 11.0 Å². The molecule has 0 saturated carbocycles. The van der Waals surface area contributed by atoms with Crippen LogP contribution in [0.4, 0.5) is 5.69 Å². The lowest BCUT2D eigenvalue weighted by Gasteiger charge is -2.18. The lowest BCUT2D eigenvalue weighted by atomic mass is 10.1. The number of aromatic carboxylic acids is 1. The van der Waals surface area contributed by atoms with E-state index >= 15 is 0 Å². The van der Waals surface area contributed by atoms with Gasteiger partial charge in [0, 0.05) is 13.1 Å². The molecule has 10 nitrogen and oxygen atoms in total. The summed E-state index contributed by atoms with van der Waals surface area (Å²) in [7, 11) is -3.77. The third-order valence-electron chi connectivity index (χ3n) is 4.63. The van der Waals surface area contributed by atoms with E-state index in [0.29, 0.717) is 0 Å². The van der Waals surface area contributed by atoms with E-state index in [-0.39, 0.29) is 51.5 Å². The SMILES string of the molecule is CCN(CC)S(=O)(=O)c1ccc2onc(C(=O)Nc3ccc(C#N)cc3C(=O)O)c2c1. The van der Waals surface area contributed by atoms with Crippen molar-refractivity contribution in [2.75, 3.05) is 18.4 Å². The average Bonchev–Trinajstić information content (AvgIpc) is 3.18. The van der Waals surface area contributed by atoms with E-state index in [1.807, 2.05) is 6.07 Å². The van der Waals surface area contributed by atoms with Crippen LogP contribution < -0.4 is 5.32 Å². The highest BCUT2D eigenvalue weighted by molar-refractivity contribution is 7.89. The first-order valence-electron chi connectivity index (χ1n) is 9.21. The topological polar surface area (TPSA) is 154 Å². The van der Waals surface area contributed by atoms with Crippen LogP contribution >= 0.6 is 0 Å². The summed E-state index contributed by atoms with van der Waals surface area (Å²) in [5.41, 5.74) is -0.202. The van der Waals surface area contributed by atoms with Crippen LogP contribution in [-0.4, -0.2) is 48.0 Å². The fourth-order valence-electron chi connectivity index (χ4n) is 3.04. The van der Waals surface area contributed by atoms with Crippen molar-refractivity contribution in [3.8, 4) is 6.07 Å². The number of carbonyl (C=O) groups excluding carboxylic acids is 1. The summed E-state index contributed by atoms with van der Waals surface area (Å²) in [4.78, 5) is 24.2. The molecule has 0 aliphatic rings. The highest BCUT2D eigenvalue weighted by Gasteiger charge is 2.25. The Morgan fingerprint density at radius 3 is 2.52 bits per heavy atom. The molecule has 0 atom stereocenters. The molecule has 1 aromatic heterocycles. The molecule has 3 rings (SSSR count). The second-order valence-electron chi connectivity index (χ2n) is 6.41. The number of carbonyl (C=O) groups is 2. The van der Waals surface area contributed by atoms with Crippen LogP contribution in [0.5, 0.6) is 0 Å². The van der Waals surface area contributed by atoms with Crippen molar-refractivity contribution in [2.45, 2.75) is 18.7 Å². The summed E-state index contributed by atoms with van der Waals surface area (Å²) in [6.45, 7) is 4.00. The molecule has 11 heteroatoms. The molecule has 2 aromatic carbocycles. The van der Waals surface area contributed by atoms with Gasteiger partial charge in [-0.3, -0.25) is 4.79 Å². The van der Waals surface area contributed by atoms with E-state index in [0.717, 1.165) is 6.07 Å². The van der Waals surface area contributed by atoms with Crippen molar-refractivity contribution < 1.29 is 27.6 Å². The number of benzene rings is 2. The predicted octanol–water partition coefficient (Wildman–Crippen LogP) is 2.68. The molecule has 0 radical (unpaired) electrons. The lowest BCUT2D eigenvalue weighted by molar-refractivity contribution is 0.0698. The van der Waals surface area contributed by atoms with Gasteiger partial charge >= 0.3 is 5.97 Å². The van der Waals surface area contributed by atoms with Crippen LogP contribution in [0.2, 0.25) is 0 Å². The van der Waals surface area contributed by atoms with Gasteiger partial charge < -0.3 is 14.9 Å². The summed E-state index contributed by atoms with van der Waals surface area (Å²) < 4.78 is 32.0. The van der Waals surface area contributed by atoms with Gasteiger partial charge in [-0.05, 0) is 36.4 Å². The van der Waals surface area contributed by atoms with Gasteiger partial charge in [0.1, 0.15) is 0 Å². The summed E-state index contributed by atoms with van der Waals surface area (Å²) in [6.07, 6.45) is 0. The fourth-order valence-corrected chi connectivity index (χ4v) is 4.52. The summed E-state index contributed by atoms with van der Waals surface area (Å²) in [5, 5.41) is 24.6. The highest BCUT2D eigenvalue weighted by atomic mass is 32.2. The molecule has 1 heterocycles. The van der Waals surface area contributed by atoms with E-state index in [2.05, 4.69) is 10.5 Å². The number of carboxylic acid groups (broad SMARTS) is 1. The van der Waals surface area contributed by atoms with Crippen LogP contribution in [-0.2, 0) is 10.0 Å². The first-order valence-corrected chi connectivity index (χ1v) is 10.6. The van der Waals surface area contributed by atoms with Crippen molar-refractivity contribution >= 4 is 38.6 Å². The summed E-state index contributed by atoms with van der Waals surface area (Å²) >= 11 is 0. The molecule has 1 amide bonds. The van der Waals surface area contributed by atoms with Crippen molar-refractivity contribution in [1.29, 1.82) is 5.26 Å². The number of hydrogen-bond donors (Lipinski definition) is 2. The van der Waals surface area contributed by atoms with Gasteiger partial charge in [0.05, 0.1) is 33.2 Å². The molecule has 2 N–H and O–H groups in total. The number of aromatic nitrogens is 1. The van der Waals surface area contributed by atoms with Crippen LogP contribution in [0.1, 0.15) is 40.3 Å². The van der Waals surface area contributed by atoms with E-state index in [9.17, 15) is 23.1 Å². The Morgan fingerprint density at radius 1 is 1.19 bits per heavy atom. The molecule has 31 heavy (non-hydrogen) atoms. The number of nitrogens with zero attached hydrogens (tertiary/aromatic N) is 3. The first kappa shape index (κ1) is 21.9. The second-order valence-corrected chi connectivity index (χ2v) is 8.35. The normalized spacial score (nSPS) is 11.4. The van der Waals surface area contributed by atoms with E-state index < -0.39 is 21.9 Å². The molecule has 0 unspecified atom stereocenters. The zero-order chi connectivity index (χ0) is 22.8. The molecule has 0 fully saturated rings. The fraction of sp³-hybridized carbons (Fsp3) is 0.200. The van der Waals surface area contributed by atoms with E-state index in [4.69, 9.17) is 9.78 Å². The zero-order valence-electron chi connectivity index (χ0n) is 16.6. The third-order valence-corrected chi connectivity index (χ3v) is 6.67. The lowest BCUT2D eigenvalue weighted by Crippen LogP contribution is -2.30. The Morgan fingerprint density at radius 2 is 1.90 bits per heavy atom. The van der Waals surface area contributed by atoms with Gasteiger partial charge in [-0.25, -0.2) is 13.2 Å². The molecule has 0 spiro atoms. The summed E-state index contributed by atoms with van der Waals surface area (Å²) in [5.74, 6) is -2.12. The van der Waals surface area contributed by atoms with Crippen LogP contribution in [0.15, 0.2) is 45.8 Å². The number of carboxylic acids is 1. The van der Waals surface area contributed by atoms with Crippen molar-refractivity contribution in [1.82, 2.24) is 9.46 Å². The standard InChI is InChI=1S/C20H18N4O6S/c1-3-24(4-2)31(28,29)13-6-8-17-15(10-13)18(23-30-17)19(25)22-16-7-5-12(11-21)9-14(16)20(26)27/h5-10H,3-4H2,1-2H3,(H,22,25)(H,26,27). The largest absolute Gasteiger partial charge is 0.478 e. The molecule has 0 aliphatic heterocycles. The average molecular weight is 442 g/mol. The maximum atomic E-state index is 12.8. The van der Waals surface area contributed by atoms with Crippen molar-refractivity contribution in [2.24, 2.45) is 0 Å². The van der Waals surface area contributed by atoms with Crippen molar-refractivity contribution in [3.05, 3.63) is 53.2 Å². The quantitative estimate of drug-likeness (QED) is 0.566. The predicted molar refractivity (Wildman–Crippen MR) is 110 cm³/mol. The van der Waals surface area contributed by atoms with Crippen molar-refractivity contribution in [3.63, 3.8) is 0 Å². The Balaban J connectivity index is 2.02. The van der Waals surface area contributed by atoms with Gasteiger partial charge in [0.2, 0.25) is 10.0 Å². The molecule has 0 aliphatic carbocycles.